The Bertz CT molecular complexity index is 1040. The summed E-state index contributed by atoms with van der Waals surface area (Å²) in [6.07, 6.45) is 0. The number of amides is 3. The summed E-state index contributed by atoms with van der Waals surface area (Å²) in [6.45, 7) is 4.34. The number of carbonyl (C=O) groups is 2. The molecule has 0 unspecified atom stereocenters. The first kappa shape index (κ1) is 21.7. The molecule has 0 atom stereocenters. The lowest BCUT2D eigenvalue weighted by molar-refractivity contribution is -0.117. The highest BCUT2D eigenvalue weighted by Gasteiger charge is 2.12. The molecule has 3 aromatic rings. The summed E-state index contributed by atoms with van der Waals surface area (Å²) in [7, 11) is 0. The van der Waals surface area contributed by atoms with Crippen molar-refractivity contribution >= 4 is 45.9 Å². The third-order valence-corrected chi connectivity index (χ3v) is 6.21. The molecule has 1 heterocycles. The maximum Gasteiger partial charge on any atom is 0.325 e. The van der Waals surface area contributed by atoms with E-state index >= 15 is 0 Å². The van der Waals surface area contributed by atoms with Crippen LogP contribution in [0.5, 0.6) is 0 Å². The highest BCUT2D eigenvalue weighted by molar-refractivity contribution is 8.01. The molecular weight excluding hydrogens is 425 g/mol. The number of hydrogen-bond donors (Lipinski definition) is 3. The molecule has 3 N–H and O–H groups in total. The van der Waals surface area contributed by atoms with Gasteiger partial charge in [0, 0.05) is 12.2 Å². The minimum atomic E-state index is -0.576. The second kappa shape index (κ2) is 10.2. The topological polar surface area (TPSA) is 96.0 Å². The molecule has 156 valence electrons. The zero-order valence-corrected chi connectivity index (χ0v) is 18.0. The number of nitrogens with one attached hydrogen (secondary N) is 3. The van der Waals surface area contributed by atoms with Crippen LogP contribution < -0.4 is 16.0 Å². The van der Waals surface area contributed by atoms with Crippen LogP contribution in [0.1, 0.15) is 16.7 Å². The van der Waals surface area contributed by atoms with Crippen molar-refractivity contribution in [2.45, 2.75) is 24.7 Å². The number of thioether (sulfide) groups is 1. The van der Waals surface area contributed by atoms with E-state index in [2.05, 4.69) is 26.1 Å². The Labute approximate surface area is 181 Å². The Morgan fingerprint density at radius 3 is 2.63 bits per heavy atom. The molecule has 3 rings (SSSR count). The first-order valence-electron chi connectivity index (χ1n) is 9.02. The highest BCUT2D eigenvalue weighted by atomic mass is 32.2. The summed E-state index contributed by atoms with van der Waals surface area (Å²) >= 11 is 2.49. The smallest absolute Gasteiger partial charge is 0.325 e. The molecule has 1 aromatic heterocycles. The molecule has 0 radical (unpaired) electrons. The van der Waals surface area contributed by atoms with Gasteiger partial charge in [-0.2, -0.15) is 0 Å². The van der Waals surface area contributed by atoms with Crippen LogP contribution >= 0.6 is 23.1 Å². The van der Waals surface area contributed by atoms with Gasteiger partial charge in [-0.1, -0.05) is 47.4 Å². The summed E-state index contributed by atoms with van der Waals surface area (Å²) in [5.74, 6) is -0.680. The van der Waals surface area contributed by atoms with Gasteiger partial charge in [-0.05, 0) is 48.7 Å². The monoisotopic (exact) mass is 445 g/mol. The number of anilines is 2. The molecule has 0 spiro atoms. The molecule has 0 saturated carbocycles. The summed E-state index contributed by atoms with van der Waals surface area (Å²) in [4.78, 5) is 24.1. The number of halogens is 1. The van der Waals surface area contributed by atoms with E-state index < -0.39 is 11.9 Å². The number of urea groups is 1. The van der Waals surface area contributed by atoms with Crippen molar-refractivity contribution in [3.63, 3.8) is 0 Å². The van der Waals surface area contributed by atoms with Gasteiger partial charge in [-0.25, -0.2) is 9.18 Å². The Morgan fingerprint density at radius 1 is 1.10 bits per heavy atom. The van der Waals surface area contributed by atoms with Gasteiger partial charge in [-0.15, -0.1) is 10.2 Å². The van der Waals surface area contributed by atoms with Crippen molar-refractivity contribution < 1.29 is 14.0 Å². The van der Waals surface area contributed by atoms with E-state index in [4.69, 9.17) is 0 Å². The predicted molar refractivity (Wildman–Crippen MR) is 117 cm³/mol. The second-order valence-corrected chi connectivity index (χ2v) is 8.59. The normalized spacial score (nSPS) is 10.5. The third-order valence-electron chi connectivity index (χ3n) is 4.20. The SMILES string of the molecule is Cc1cccc(NC(=O)NC(=O)CSc2nnc(NCc3ccc(F)cc3)s2)c1C. The van der Waals surface area contributed by atoms with Gasteiger partial charge >= 0.3 is 6.03 Å². The van der Waals surface area contributed by atoms with Crippen molar-refractivity contribution in [2.24, 2.45) is 0 Å². The van der Waals surface area contributed by atoms with E-state index in [0.717, 1.165) is 16.7 Å². The van der Waals surface area contributed by atoms with E-state index in [1.54, 1.807) is 18.2 Å². The van der Waals surface area contributed by atoms with Crippen molar-refractivity contribution in [3.05, 3.63) is 65.0 Å². The van der Waals surface area contributed by atoms with Gasteiger partial charge in [0.15, 0.2) is 4.34 Å². The molecular formula is C20H20FN5O2S2. The highest BCUT2D eigenvalue weighted by Crippen LogP contribution is 2.25. The van der Waals surface area contributed by atoms with Gasteiger partial charge in [0.2, 0.25) is 11.0 Å². The van der Waals surface area contributed by atoms with Crippen LogP contribution in [0, 0.1) is 19.7 Å². The number of rotatable bonds is 7. The van der Waals surface area contributed by atoms with Gasteiger partial charge in [-0.3, -0.25) is 10.1 Å². The minimum Gasteiger partial charge on any atom is -0.356 e. The lowest BCUT2D eigenvalue weighted by Gasteiger charge is -2.10. The van der Waals surface area contributed by atoms with Gasteiger partial charge in [0.1, 0.15) is 5.82 Å². The van der Waals surface area contributed by atoms with E-state index in [-0.39, 0.29) is 11.6 Å². The van der Waals surface area contributed by atoms with Gasteiger partial charge < -0.3 is 10.6 Å². The summed E-state index contributed by atoms with van der Waals surface area (Å²) in [5.41, 5.74) is 3.57. The van der Waals surface area contributed by atoms with Crippen LogP contribution in [0.2, 0.25) is 0 Å². The fourth-order valence-corrected chi connectivity index (χ4v) is 4.00. The Kier molecular flexibility index (Phi) is 7.36. The fraction of sp³-hybridized carbons (Fsp3) is 0.200. The number of carbonyl (C=O) groups excluding carboxylic acids is 2. The van der Waals surface area contributed by atoms with Crippen molar-refractivity contribution in [3.8, 4) is 0 Å². The minimum absolute atomic E-state index is 0.0345. The molecule has 3 amide bonds. The maximum absolute atomic E-state index is 12.9. The number of imide groups is 1. The average Bonchev–Trinajstić information content (AvgIpc) is 3.17. The number of aromatic nitrogens is 2. The average molecular weight is 446 g/mol. The van der Waals surface area contributed by atoms with E-state index in [9.17, 15) is 14.0 Å². The van der Waals surface area contributed by atoms with Crippen LogP contribution in [-0.4, -0.2) is 27.9 Å². The van der Waals surface area contributed by atoms with Crippen molar-refractivity contribution in [1.29, 1.82) is 0 Å². The molecule has 30 heavy (non-hydrogen) atoms. The first-order chi connectivity index (χ1) is 14.4. The first-order valence-corrected chi connectivity index (χ1v) is 10.8. The summed E-state index contributed by atoms with van der Waals surface area (Å²) in [6, 6.07) is 11.2. The Hall–Kier alpha value is -2.98. The van der Waals surface area contributed by atoms with Crippen LogP contribution in [0.3, 0.4) is 0 Å². The molecule has 0 fully saturated rings. The second-order valence-electron chi connectivity index (χ2n) is 6.39. The van der Waals surface area contributed by atoms with E-state index in [1.807, 2.05) is 26.0 Å². The third kappa shape index (κ3) is 6.26. The van der Waals surface area contributed by atoms with Crippen molar-refractivity contribution in [1.82, 2.24) is 15.5 Å². The number of benzene rings is 2. The molecule has 2 aromatic carbocycles. The molecule has 7 nitrogen and oxygen atoms in total. The van der Waals surface area contributed by atoms with Crippen LogP contribution in [0.25, 0.3) is 0 Å². The maximum atomic E-state index is 12.9. The number of hydrogen-bond acceptors (Lipinski definition) is 7. The standard InChI is InChI=1S/C20H20FN5O2S2/c1-12-4-3-5-16(13(12)2)23-18(28)24-17(27)11-29-20-26-25-19(30-20)22-10-14-6-8-15(21)9-7-14/h3-9H,10-11H2,1-2H3,(H,22,25)(H2,23,24,27,28). The van der Waals surface area contributed by atoms with Gasteiger partial charge in [0.05, 0.1) is 5.75 Å². The molecule has 10 heteroatoms. The predicted octanol–water partition coefficient (Wildman–Crippen LogP) is 4.35. The quantitative estimate of drug-likeness (QED) is 0.468. The van der Waals surface area contributed by atoms with Gasteiger partial charge in [0.25, 0.3) is 0 Å². The molecule has 0 saturated heterocycles. The Morgan fingerprint density at radius 2 is 1.87 bits per heavy atom. The number of aryl methyl sites for hydroxylation is 1. The van der Waals surface area contributed by atoms with E-state index in [0.29, 0.717) is 21.7 Å². The summed E-state index contributed by atoms with van der Waals surface area (Å²) < 4.78 is 13.5. The van der Waals surface area contributed by atoms with Crippen LogP contribution in [0.4, 0.5) is 20.0 Å². The lowest BCUT2D eigenvalue weighted by Crippen LogP contribution is -2.35. The molecule has 0 bridgehead atoms. The lowest BCUT2D eigenvalue weighted by atomic mass is 10.1. The molecule has 0 aliphatic carbocycles. The number of nitrogens with zero attached hydrogens (tertiary/aromatic N) is 2. The molecule has 0 aliphatic heterocycles. The zero-order valence-electron chi connectivity index (χ0n) is 16.4. The summed E-state index contributed by atoms with van der Waals surface area (Å²) in [5, 5.41) is 16.7. The largest absolute Gasteiger partial charge is 0.356 e. The van der Waals surface area contributed by atoms with Crippen LogP contribution in [0.15, 0.2) is 46.8 Å². The van der Waals surface area contributed by atoms with Crippen molar-refractivity contribution in [2.75, 3.05) is 16.4 Å². The van der Waals surface area contributed by atoms with E-state index in [1.165, 1.54) is 35.2 Å². The van der Waals surface area contributed by atoms with Crippen LogP contribution in [-0.2, 0) is 11.3 Å². The Balaban J connectivity index is 1.43. The fourth-order valence-electron chi connectivity index (χ4n) is 2.45. The zero-order chi connectivity index (χ0) is 21.5. The molecule has 0 aliphatic rings.